The zero-order valence-electron chi connectivity index (χ0n) is 23.2. The number of aryl methyl sites for hydroxylation is 2. The first kappa shape index (κ1) is 29.5. The maximum absolute atomic E-state index is 13.6. The van der Waals surface area contributed by atoms with E-state index in [2.05, 4.69) is 32.0 Å². The molecule has 0 aliphatic heterocycles. The third kappa shape index (κ3) is 8.53. The molecule has 0 heterocycles. The van der Waals surface area contributed by atoms with Crippen LogP contribution in [-0.4, -0.2) is 16.6 Å². The molecule has 2 aliphatic rings. The van der Waals surface area contributed by atoms with Crippen molar-refractivity contribution in [3.8, 4) is 0 Å². The summed E-state index contributed by atoms with van der Waals surface area (Å²) in [5, 5.41) is 0. The quantitative estimate of drug-likeness (QED) is 0.0804. The summed E-state index contributed by atoms with van der Waals surface area (Å²) in [6, 6.07) is 19.6. The monoisotopic (exact) mass is 597 g/mol. The zero-order valence-corrected chi connectivity index (χ0v) is 25.6. The molecule has 0 aromatic heterocycles. The topological polar surface area (TPSA) is 21.6 Å². The van der Waals surface area contributed by atoms with Crippen LogP contribution < -0.4 is 0 Å². The second-order valence-corrected chi connectivity index (χ2v) is 14.6. The maximum Gasteiger partial charge on any atom is 0.197 e. The Bertz CT molecular complexity index is 1230. The van der Waals surface area contributed by atoms with Crippen LogP contribution in [0.2, 0.25) is 0 Å². The lowest BCUT2D eigenvalue weighted by atomic mass is 9.70. The summed E-state index contributed by atoms with van der Waals surface area (Å²) < 4.78 is 39.0. The van der Waals surface area contributed by atoms with E-state index in [-0.39, 0.29) is 22.3 Å². The molecule has 40 heavy (non-hydrogen) atoms. The Labute approximate surface area is 250 Å². The molecule has 2 aliphatic carbocycles. The van der Waals surface area contributed by atoms with Crippen molar-refractivity contribution >= 4 is 41.4 Å². The van der Waals surface area contributed by atoms with Crippen LogP contribution >= 0.6 is 35.5 Å². The number of rotatable bonds is 9. The third-order valence-electron chi connectivity index (χ3n) is 8.03. The van der Waals surface area contributed by atoms with Crippen LogP contribution in [0.3, 0.4) is 0 Å². The van der Waals surface area contributed by atoms with Crippen molar-refractivity contribution in [2.24, 2.45) is 16.2 Å². The number of hydrogen-bond donors (Lipinski definition) is 0. The Balaban J connectivity index is 1.37. The van der Waals surface area contributed by atoms with Crippen LogP contribution in [-0.2, 0) is 4.74 Å². The van der Waals surface area contributed by atoms with Crippen molar-refractivity contribution < 1.29 is 13.5 Å². The molecule has 2 nitrogen and oxygen atoms in total. The van der Waals surface area contributed by atoms with Crippen molar-refractivity contribution in [1.82, 2.24) is 0 Å². The Morgan fingerprint density at radius 3 is 2.00 bits per heavy atom. The molecule has 5 rings (SSSR count). The Morgan fingerprint density at radius 1 is 0.775 bits per heavy atom. The lowest BCUT2D eigenvalue weighted by Crippen LogP contribution is -2.33. The highest BCUT2D eigenvalue weighted by atomic mass is 32.2. The van der Waals surface area contributed by atoms with E-state index in [4.69, 9.17) is 9.13 Å². The highest BCUT2D eigenvalue weighted by Gasteiger charge is 2.34. The highest BCUT2D eigenvalue weighted by Crippen LogP contribution is 2.43. The molecule has 212 valence electrons. The number of ether oxygens (including phenoxy) is 1. The summed E-state index contributed by atoms with van der Waals surface area (Å²) in [5.41, 5.74) is 2.51. The van der Waals surface area contributed by atoms with E-state index < -0.39 is 0 Å². The molecule has 0 N–H and O–H groups in total. The van der Waals surface area contributed by atoms with Gasteiger partial charge >= 0.3 is 0 Å². The van der Waals surface area contributed by atoms with E-state index in [0.29, 0.717) is 6.42 Å². The molecule has 2 saturated carbocycles. The molecular weight excluding hydrogens is 561 g/mol. The lowest BCUT2D eigenvalue weighted by Gasteiger charge is -2.39. The van der Waals surface area contributed by atoms with Gasteiger partial charge in [0.25, 0.3) is 0 Å². The number of hydrogen-bond acceptors (Lipinski definition) is 5. The van der Waals surface area contributed by atoms with Gasteiger partial charge in [-0.15, -0.1) is 23.5 Å². The maximum atomic E-state index is 13.6. The fourth-order valence-electron chi connectivity index (χ4n) is 5.69. The molecule has 0 spiro atoms. The van der Waals surface area contributed by atoms with Crippen molar-refractivity contribution in [3.63, 3.8) is 0 Å². The van der Waals surface area contributed by atoms with Gasteiger partial charge in [-0.1, -0.05) is 31.7 Å². The zero-order chi connectivity index (χ0) is 27.9. The van der Waals surface area contributed by atoms with E-state index in [9.17, 15) is 8.78 Å². The van der Waals surface area contributed by atoms with E-state index in [1.807, 2.05) is 24.3 Å². The second kappa shape index (κ2) is 14.3. The van der Waals surface area contributed by atoms with Gasteiger partial charge in [0.05, 0.1) is 4.58 Å². The average molecular weight is 598 g/mol. The smallest absolute Gasteiger partial charge is 0.197 e. The Hall–Kier alpha value is -1.96. The van der Waals surface area contributed by atoms with Gasteiger partial charge in [0, 0.05) is 33.1 Å². The lowest BCUT2D eigenvalue weighted by molar-refractivity contribution is 0.0560. The van der Waals surface area contributed by atoms with Crippen molar-refractivity contribution in [2.45, 2.75) is 90.6 Å². The molecule has 0 radical (unpaired) electrons. The largest absolute Gasteiger partial charge is 0.477 e. The molecule has 2 fully saturated rings. The van der Waals surface area contributed by atoms with Gasteiger partial charge in [-0.25, -0.2) is 8.78 Å². The molecule has 3 unspecified atom stereocenters. The van der Waals surface area contributed by atoms with Gasteiger partial charge in [0.1, 0.15) is 17.7 Å². The molecule has 0 amide bonds. The van der Waals surface area contributed by atoms with E-state index in [1.165, 1.54) is 79.4 Å². The second-order valence-electron chi connectivity index (χ2n) is 11.0. The van der Waals surface area contributed by atoms with Crippen LogP contribution in [0.1, 0.15) is 62.5 Å². The number of fused-ring (bicyclic) bond motifs is 1. The van der Waals surface area contributed by atoms with Gasteiger partial charge in [-0.05, 0) is 117 Å². The van der Waals surface area contributed by atoms with Gasteiger partial charge in [-0.2, -0.15) is 4.40 Å². The summed E-state index contributed by atoms with van der Waals surface area (Å²) in [6.07, 6.45) is 9.61. The van der Waals surface area contributed by atoms with E-state index in [0.717, 1.165) is 45.3 Å². The van der Waals surface area contributed by atoms with E-state index in [1.54, 1.807) is 23.5 Å². The van der Waals surface area contributed by atoms with Gasteiger partial charge < -0.3 is 4.74 Å². The molecule has 0 saturated heterocycles. The van der Waals surface area contributed by atoms with Crippen molar-refractivity contribution in [3.05, 3.63) is 89.5 Å². The predicted octanol–water partition coefficient (Wildman–Crippen LogP) is 10.7. The minimum atomic E-state index is -0.249. The Morgan fingerprint density at radius 2 is 1.38 bits per heavy atom. The van der Waals surface area contributed by atoms with Gasteiger partial charge in [0.2, 0.25) is 0 Å². The van der Waals surface area contributed by atoms with Crippen LogP contribution in [0.4, 0.5) is 8.78 Å². The minimum Gasteiger partial charge on any atom is -0.477 e. The van der Waals surface area contributed by atoms with Crippen molar-refractivity contribution in [1.29, 1.82) is 0 Å². The van der Waals surface area contributed by atoms with Crippen molar-refractivity contribution in [2.75, 3.05) is 0 Å². The van der Waals surface area contributed by atoms with Crippen LogP contribution in [0.15, 0.2) is 85.8 Å². The van der Waals surface area contributed by atoms with Gasteiger partial charge in [0.15, 0.2) is 5.90 Å². The number of thioether (sulfide) groups is 2. The Kier molecular flexibility index (Phi) is 10.5. The van der Waals surface area contributed by atoms with Crippen LogP contribution in [0.25, 0.3) is 0 Å². The first-order valence-corrected chi connectivity index (χ1v) is 16.8. The first-order valence-electron chi connectivity index (χ1n) is 14.2. The fraction of sp³-hybridized carbons (Fsp3) is 0.424. The predicted molar refractivity (Wildman–Crippen MR) is 166 cm³/mol. The van der Waals surface area contributed by atoms with Gasteiger partial charge in [-0.3, -0.25) is 0 Å². The fourth-order valence-corrected chi connectivity index (χ4v) is 8.88. The first-order chi connectivity index (χ1) is 19.4. The summed E-state index contributed by atoms with van der Waals surface area (Å²) in [7, 11) is 0. The molecule has 7 heteroatoms. The summed E-state index contributed by atoms with van der Waals surface area (Å²) >= 11 is 4.79. The molecular formula is C33H37F2NOS3. The SMILES string of the molecule is Cc1ccc(S/N=C(/CC(Sc2ccc(F)cc2)Sc2ccc(F)cc2)OC2CCC3CCCCC3C2)cc1C. The number of halogens is 2. The van der Waals surface area contributed by atoms with Crippen LogP contribution in [0, 0.1) is 37.3 Å². The van der Waals surface area contributed by atoms with E-state index >= 15 is 0 Å². The highest BCUT2D eigenvalue weighted by molar-refractivity contribution is 8.17. The summed E-state index contributed by atoms with van der Waals surface area (Å²) in [5.74, 6) is 1.87. The summed E-state index contributed by atoms with van der Waals surface area (Å²) in [4.78, 5) is 3.05. The molecule has 3 aromatic rings. The molecule has 3 atom stereocenters. The normalized spacial score (nSPS) is 21.3. The van der Waals surface area contributed by atoms with Crippen LogP contribution in [0.5, 0.6) is 0 Å². The number of benzene rings is 3. The standard InChI is InChI=1S/C33H37F2NOS3/c1-22-7-14-31(19-23(22)2)40-36-32(37-28-13-8-24-5-3-4-6-25(24)20-28)21-33(38-29-15-9-26(34)10-16-29)39-30-17-11-27(35)12-18-30/h7,9-12,14-19,24-25,28,33H,3-6,8,13,20-21H2,1-2H3/b36-32-. The summed E-state index contributed by atoms with van der Waals surface area (Å²) in [6.45, 7) is 4.24. The molecule has 0 bridgehead atoms. The third-order valence-corrected chi connectivity index (χ3v) is 11.3. The molecule has 3 aromatic carbocycles. The minimum absolute atomic E-state index is 0.0149. The average Bonchev–Trinajstić information content (AvgIpc) is 2.96. The number of nitrogens with zero attached hydrogens (tertiary/aromatic N) is 1.